The molecule has 1 saturated heterocycles. The Labute approximate surface area is 113 Å². The van der Waals surface area contributed by atoms with E-state index in [0.717, 1.165) is 32.1 Å². The minimum atomic E-state index is -3.32. The fourth-order valence-corrected chi connectivity index (χ4v) is 4.95. The first-order valence-corrected chi connectivity index (χ1v) is 8.91. The molecule has 0 unspecified atom stereocenters. The van der Waals surface area contributed by atoms with Crippen LogP contribution in [0.25, 0.3) is 0 Å². The Kier molecular flexibility index (Phi) is 5.89. The number of piperidine rings is 1. The van der Waals surface area contributed by atoms with Crippen LogP contribution in [0.2, 0.25) is 0 Å². The number of hydrogen-bond acceptors (Lipinski definition) is 2. The van der Waals surface area contributed by atoms with Gasteiger partial charge in [-0.2, -0.15) is 17.4 Å². The van der Waals surface area contributed by atoms with Crippen LogP contribution in [-0.2, 0) is 10.2 Å². The first-order valence-electron chi connectivity index (χ1n) is 6.34. The summed E-state index contributed by atoms with van der Waals surface area (Å²) in [5.41, 5.74) is -0.351. The van der Waals surface area contributed by atoms with Crippen LogP contribution in [-0.4, -0.2) is 36.7 Å². The van der Waals surface area contributed by atoms with E-state index in [-0.39, 0.29) is 5.54 Å². The molecule has 1 N–H and O–H groups in total. The molecule has 17 heavy (non-hydrogen) atoms. The van der Waals surface area contributed by atoms with Gasteiger partial charge in [0.25, 0.3) is 10.2 Å². The van der Waals surface area contributed by atoms with E-state index >= 15 is 0 Å². The molecule has 0 saturated carbocycles. The normalized spacial score (nSPS) is 19.5. The lowest BCUT2D eigenvalue weighted by molar-refractivity contribution is 0.321. The average Bonchev–Trinajstić information content (AvgIpc) is 2.37. The molecular formula is C11H23BrN2O2S. The Hall–Kier alpha value is 0.350. The van der Waals surface area contributed by atoms with Gasteiger partial charge in [-0.05, 0) is 25.7 Å². The van der Waals surface area contributed by atoms with Gasteiger partial charge in [-0.25, -0.2) is 0 Å². The maximum Gasteiger partial charge on any atom is 0.279 e. The molecule has 4 nitrogen and oxygen atoms in total. The van der Waals surface area contributed by atoms with Gasteiger partial charge in [0.2, 0.25) is 0 Å². The first kappa shape index (κ1) is 15.4. The molecule has 0 aromatic heterocycles. The number of hydrogen-bond donors (Lipinski definition) is 1. The van der Waals surface area contributed by atoms with Crippen molar-refractivity contribution in [1.82, 2.24) is 9.03 Å². The Balaban J connectivity index is 2.76. The van der Waals surface area contributed by atoms with E-state index in [1.165, 1.54) is 0 Å². The molecule has 6 heteroatoms. The largest absolute Gasteiger partial charge is 0.279 e. The third kappa shape index (κ3) is 3.91. The van der Waals surface area contributed by atoms with Crippen LogP contribution in [0, 0.1) is 0 Å². The topological polar surface area (TPSA) is 49.4 Å². The van der Waals surface area contributed by atoms with Crippen LogP contribution in [0.15, 0.2) is 0 Å². The molecule has 0 aromatic carbocycles. The third-order valence-corrected chi connectivity index (χ3v) is 6.42. The fourth-order valence-electron chi connectivity index (χ4n) is 2.05. The van der Waals surface area contributed by atoms with Crippen molar-refractivity contribution in [2.75, 3.05) is 18.4 Å². The molecule has 102 valence electrons. The molecule has 0 radical (unpaired) electrons. The molecule has 1 heterocycles. The second kappa shape index (κ2) is 6.50. The van der Waals surface area contributed by atoms with Gasteiger partial charge in [0.1, 0.15) is 0 Å². The molecule has 0 atom stereocenters. The van der Waals surface area contributed by atoms with Crippen LogP contribution in [0.3, 0.4) is 0 Å². The monoisotopic (exact) mass is 326 g/mol. The van der Waals surface area contributed by atoms with Gasteiger partial charge in [-0.3, -0.25) is 0 Å². The summed E-state index contributed by atoms with van der Waals surface area (Å²) in [6, 6.07) is 0. The maximum absolute atomic E-state index is 12.3. The van der Waals surface area contributed by atoms with Crippen molar-refractivity contribution in [3.63, 3.8) is 0 Å². The highest BCUT2D eigenvalue weighted by molar-refractivity contribution is 9.09. The zero-order valence-electron chi connectivity index (χ0n) is 10.7. The van der Waals surface area contributed by atoms with E-state index in [0.29, 0.717) is 18.4 Å². The number of halogens is 1. The summed E-state index contributed by atoms with van der Waals surface area (Å²) in [7, 11) is -3.32. The molecule has 0 aromatic rings. The smallest absolute Gasteiger partial charge is 0.195 e. The number of rotatable bonds is 6. The van der Waals surface area contributed by atoms with Crippen LogP contribution in [0.5, 0.6) is 0 Å². The predicted molar refractivity (Wildman–Crippen MR) is 74.6 cm³/mol. The van der Waals surface area contributed by atoms with E-state index in [4.69, 9.17) is 0 Å². The van der Waals surface area contributed by atoms with Gasteiger partial charge < -0.3 is 0 Å². The van der Waals surface area contributed by atoms with Crippen LogP contribution in [0.4, 0.5) is 0 Å². The minimum Gasteiger partial charge on any atom is -0.195 e. The van der Waals surface area contributed by atoms with Gasteiger partial charge in [0.15, 0.2) is 0 Å². The van der Waals surface area contributed by atoms with E-state index < -0.39 is 10.2 Å². The number of nitrogens with one attached hydrogen (secondary N) is 1. The van der Waals surface area contributed by atoms with Crippen molar-refractivity contribution in [1.29, 1.82) is 0 Å². The summed E-state index contributed by atoms with van der Waals surface area (Å²) in [4.78, 5) is 0. The standard InChI is InChI=1S/C11H23BrN2O2S/c1-3-11(4-2,10-12)13-17(15,16)14-8-6-5-7-9-14/h13H,3-10H2,1-2H3. The summed E-state index contributed by atoms with van der Waals surface area (Å²) in [5, 5.41) is 0.653. The third-order valence-electron chi connectivity index (χ3n) is 3.61. The van der Waals surface area contributed by atoms with Crippen molar-refractivity contribution in [2.45, 2.75) is 51.5 Å². The van der Waals surface area contributed by atoms with Gasteiger partial charge in [0.05, 0.1) is 0 Å². The Bertz CT molecular complexity index is 314. The lowest BCUT2D eigenvalue weighted by Gasteiger charge is -2.34. The Morgan fingerprint density at radius 3 is 2.12 bits per heavy atom. The Morgan fingerprint density at radius 2 is 1.71 bits per heavy atom. The zero-order chi connectivity index (χ0) is 12.9. The molecular weight excluding hydrogens is 304 g/mol. The average molecular weight is 327 g/mol. The highest BCUT2D eigenvalue weighted by Gasteiger charge is 2.33. The quantitative estimate of drug-likeness (QED) is 0.761. The molecule has 0 bridgehead atoms. The van der Waals surface area contributed by atoms with E-state index in [1.807, 2.05) is 13.8 Å². The molecule has 1 fully saturated rings. The number of alkyl halides is 1. The van der Waals surface area contributed by atoms with Crippen LogP contribution in [0.1, 0.15) is 46.0 Å². The summed E-state index contributed by atoms with van der Waals surface area (Å²) < 4.78 is 29.0. The first-order chi connectivity index (χ1) is 7.99. The highest BCUT2D eigenvalue weighted by atomic mass is 79.9. The Morgan fingerprint density at radius 1 is 1.18 bits per heavy atom. The van der Waals surface area contributed by atoms with Crippen molar-refractivity contribution in [3.8, 4) is 0 Å². The van der Waals surface area contributed by atoms with Crippen molar-refractivity contribution >= 4 is 26.1 Å². The number of nitrogens with zero attached hydrogens (tertiary/aromatic N) is 1. The van der Waals surface area contributed by atoms with Gasteiger partial charge in [-0.15, -0.1) is 0 Å². The second-order valence-electron chi connectivity index (χ2n) is 4.69. The van der Waals surface area contributed by atoms with Crippen LogP contribution < -0.4 is 4.72 Å². The molecule has 0 spiro atoms. The molecule has 0 aliphatic carbocycles. The zero-order valence-corrected chi connectivity index (χ0v) is 13.1. The fraction of sp³-hybridized carbons (Fsp3) is 1.00. The second-order valence-corrected chi connectivity index (χ2v) is 6.92. The van der Waals surface area contributed by atoms with Crippen LogP contribution >= 0.6 is 15.9 Å². The molecule has 1 aliphatic rings. The molecule has 1 aliphatic heterocycles. The summed E-state index contributed by atoms with van der Waals surface area (Å²) in [5.74, 6) is 0. The van der Waals surface area contributed by atoms with Gasteiger partial charge in [0, 0.05) is 24.0 Å². The van der Waals surface area contributed by atoms with E-state index in [1.54, 1.807) is 4.31 Å². The van der Waals surface area contributed by atoms with Gasteiger partial charge >= 0.3 is 0 Å². The summed E-state index contributed by atoms with van der Waals surface area (Å²) in [6.45, 7) is 5.34. The summed E-state index contributed by atoms with van der Waals surface area (Å²) >= 11 is 3.42. The summed E-state index contributed by atoms with van der Waals surface area (Å²) in [6.07, 6.45) is 4.67. The van der Waals surface area contributed by atoms with E-state index in [9.17, 15) is 8.42 Å². The lowest BCUT2D eigenvalue weighted by atomic mass is 9.97. The highest BCUT2D eigenvalue weighted by Crippen LogP contribution is 2.21. The molecule has 0 amide bonds. The SMILES string of the molecule is CCC(CC)(CBr)NS(=O)(=O)N1CCCCC1. The van der Waals surface area contributed by atoms with E-state index in [2.05, 4.69) is 20.7 Å². The van der Waals surface area contributed by atoms with Crippen molar-refractivity contribution < 1.29 is 8.42 Å². The lowest BCUT2D eigenvalue weighted by Crippen LogP contribution is -2.54. The maximum atomic E-state index is 12.3. The van der Waals surface area contributed by atoms with Crippen molar-refractivity contribution in [3.05, 3.63) is 0 Å². The van der Waals surface area contributed by atoms with Crippen molar-refractivity contribution in [2.24, 2.45) is 0 Å². The minimum absolute atomic E-state index is 0.351. The van der Waals surface area contributed by atoms with Gasteiger partial charge in [-0.1, -0.05) is 36.2 Å². The predicted octanol–water partition coefficient (Wildman–Crippen LogP) is 2.26. The molecule has 1 rings (SSSR count).